The molecule has 7 nitrogen and oxygen atoms in total. The van der Waals surface area contributed by atoms with Gasteiger partial charge < -0.3 is 14.6 Å². The number of carbonyl (C=O) groups excluding carboxylic acids is 1. The van der Waals surface area contributed by atoms with Gasteiger partial charge in [-0.25, -0.2) is 0 Å². The number of carbonyl (C=O) groups is 1. The molecule has 4 heterocycles. The quantitative estimate of drug-likeness (QED) is 0.850. The van der Waals surface area contributed by atoms with Crippen LogP contribution in [0.4, 0.5) is 0 Å². The number of ether oxygens (including phenoxy) is 1. The Morgan fingerprint density at radius 3 is 2.92 bits per heavy atom. The van der Waals surface area contributed by atoms with Crippen LogP contribution in [0.15, 0.2) is 35.1 Å². The Morgan fingerprint density at radius 2 is 2.19 bits per heavy atom. The largest absolute Gasteiger partial charge is 0.372 e. The second kappa shape index (κ2) is 7.17. The molecule has 1 spiro atoms. The van der Waals surface area contributed by atoms with E-state index in [-0.39, 0.29) is 11.5 Å². The number of aromatic nitrogens is 2. The van der Waals surface area contributed by atoms with E-state index in [4.69, 9.17) is 9.26 Å². The molecule has 0 aliphatic carbocycles. The minimum atomic E-state index is -0.0554. The average molecular weight is 356 g/mol. The Kier molecular flexibility index (Phi) is 4.74. The van der Waals surface area contributed by atoms with Gasteiger partial charge in [-0.15, -0.1) is 0 Å². The Hall–Kier alpha value is -2.25. The Morgan fingerprint density at radius 1 is 1.38 bits per heavy atom. The minimum Gasteiger partial charge on any atom is -0.372 e. The molecule has 7 heteroatoms. The molecular weight excluding hydrogens is 332 g/mol. The summed E-state index contributed by atoms with van der Waals surface area (Å²) >= 11 is 0. The number of amides is 1. The van der Waals surface area contributed by atoms with E-state index in [1.165, 1.54) is 0 Å². The van der Waals surface area contributed by atoms with Gasteiger partial charge in [0, 0.05) is 56.8 Å². The van der Waals surface area contributed by atoms with Crippen molar-refractivity contribution in [1.29, 1.82) is 0 Å². The number of rotatable bonds is 6. The van der Waals surface area contributed by atoms with Gasteiger partial charge in [0.1, 0.15) is 5.76 Å². The molecule has 0 saturated carbocycles. The van der Waals surface area contributed by atoms with Crippen molar-refractivity contribution in [3.05, 3.63) is 47.6 Å². The van der Waals surface area contributed by atoms with Gasteiger partial charge in [0.05, 0.1) is 11.3 Å². The zero-order chi connectivity index (χ0) is 18.0. The van der Waals surface area contributed by atoms with Crippen LogP contribution in [0.25, 0.3) is 0 Å². The highest BCUT2D eigenvalue weighted by atomic mass is 16.5. The van der Waals surface area contributed by atoms with E-state index in [1.54, 1.807) is 24.5 Å². The van der Waals surface area contributed by atoms with E-state index in [0.717, 1.165) is 50.5 Å². The van der Waals surface area contributed by atoms with Crippen LogP contribution >= 0.6 is 0 Å². The first-order chi connectivity index (χ1) is 12.6. The van der Waals surface area contributed by atoms with Gasteiger partial charge in [0.2, 0.25) is 0 Å². The second-order valence-corrected chi connectivity index (χ2v) is 7.25. The van der Waals surface area contributed by atoms with Gasteiger partial charge in [-0.2, -0.15) is 0 Å². The molecule has 2 saturated heterocycles. The molecule has 2 aromatic heterocycles. The topological polar surface area (TPSA) is 80.5 Å². The summed E-state index contributed by atoms with van der Waals surface area (Å²) < 4.78 is 11.2. The highest BCUT2D eigenvalue weighted by Crippen LogP contribution is 2.41. The van der Waals surface area contributed by atoms with Crippen molar-refractivity contribution in [3.63, 3.8) is 0 Å². The SMILES string of the molecule is Cc1cc(CN2CC3(C2)OCC[C@H]3CCNC(=O)c2ccncc2)no1. The van der Waals surface area contributed by atoms with Crippen LogP contribution in [0.1, 0.15) is 34.7 Å². The third-order valence-electron chi connectivity index (χ3n) is 5.37. The monoisotopic (exact) mass is 356 g/mol. The molecule has 1 N–H and O–H groups in total. The Labute approximate surface area is 152 Å². The maximum absolute atomic E-state index is 12.1. The summed E-state index contributed by atoms with van der Waals surface area (Å²) in [5.74, 6) is 1.28. The van der Waals surface area contributed by atoms with Crippen molar-refractivity contribution in [2.75, 3.05) is 26.2 Å². The number of hydrogen-bond donors (Lipinski definition) is 1. The van der Waals surface area contributed by atoms with Gasteiger partial charge in [-0.3, -0.25) is 14.7 Å². The number of pyridine rings is 1. The number of aryl methyl sites for hydroxylation is 1. The standard InChI is InChI=1S/C19H24N4O3/c1-14-10-17(22-26-14)11-23-12-19(13-23)16(5-9-25-19)4-8-21-18(24)15-2-6-20-7-3-15/h2-3,6-7,10,16H,4-5,8-9,11-13H2,1H3,(H,21,24)/t16-/m1/s1. The third kappa shape index (κ3) is 3.50. The van der Waals surface area contributed by atoms with Crippen LogP contribution in [-0.2, 0) is 11.3 Å². The van der Waals surface area contributed by atoms with Crippen LogP contribution in [-0.4, -0.2) is 52.8 Å². The first kappa shape index (κ1) is 17.2. The minimum absolute atomic E-state index is 0.0444. The molecule has 26 heavy (non-hydrogen) atoms. The van der Waals surface area contributed by atoms with Crippen LogP contribution in [0.3, 0.4) is 0 Å². The molecule has 0 aromatic carbocycles. The molecule has 138 valence electrons. The van der Waals surface area contributed by atoms with Crippen molar-refractivity contribution in [2.45, 2.75) is 31.9 Å². The highest BCUT2D eigenvalue weighted by molar-refractivity contribution is 5.93. The van der Waals surface area contributed by atoms with Crippen LogP contribution in [0.2, 0.25) is 0 Å². The third-order valence-corrected chi connectivity index (χ3v) is 5.37. The summed E-state index contributed by atoms with van der Waals surface area (Å²) in [4.78, 5) is 18.4. The Bertz CT molecular complexity index is 755. The second-order valence-electron chi connectivity index (χ2n) is 7.25. The van der Waals surface area contributed by atoms with Gasteiger partial charge in [0.15, 0.2) is 0 Å². The summed E-state index contributed by atoms with van der Waals surface area (Å²) in [6.07, 6.45) is 5.26. The number of hydrogen-bond acceptors (Lipinski definition) is 6. The van der Waals surface area contributed by atoms with Crippen molar-refractivity contribution in [1.82, 2.24) is 20.4 Å². The van der Waals surface area contributed by atoms with Crippen molar-refractivity contribution in [2.24, 2.45) is 5.92 Å². The van der Waals surface area contributed by atoms with Crippen molar-refractivity contribution < 1.29 is 14.1 Å². The first-order valence-corrected chi connectivity index (χ1v) is 9.11. The zero-order valence-electron chi connectivity index (χ0n) is 15.0. The van der Waals surface area contributed by atoms with Gasteiger partial charge in [-0.05, 0) is 37.8 Å². The number of nitrogens with one attached hydrogen (secondary N) is 1. The normalized spacial score (nSPS) is 21.7. The maximum atomic E-state index is 12.1. The summed E-state index contributed by atoms with van der Waals surface area (Å²) in [6.45, 7) is 6.02. The van der Waals surface area contributed by atoms with Crippen molar-refractivity contribution >= 4 is 5.91 Å². The van der Waals surface area contributed by atoms with Crippen LogP contribution < -0.4 is 5.32 Å². The highest BCUT2D eigenvalue weighted by Gasteiger charge is 2.52. The summed E-state index contributed by atoms with van der Waals surface area (Å²) in [7, 11) is 0. The molecular formula is C19H24N4O3. The van der Waals surface area contributed by atoms with Gasteiger partial charge in [-0.1, -0.05) is 5.16 Å². The molecule has 1 atom stereocenters. The molecule has 0 radical (unpaired) electrons. The van der Waals surface area contributed by atoms with Gasteiger partial charge >= 0.3 is 0 Å². The summed E-state index contributed by atoms with van der Waals surface area (Å²) in [5, 5.41) is 7.07. The molecule has 0 unspecified atom stereocenters. The lowest BCUT2D eigenvalue weighted by molar-refractivity contribution is -0.137. The molecule has 2 aliphatic rings. The predicted molar refractivity (Wildman–Crippen MR) is 94.5 cm³/mol. The lowest BCUT2D eigenvalue weighted by atomic mass is 9.79. The lowest BCUT2D eigenvalue weighted by Gasteiger charge is -2.50. The van der Waals surface area contributed by atoms with E-state index in [9.17, 15) is 4.79 Å². The zero-order valence-corrected chi connectivity index (χ0v) is 15.0. The molecule has 0 bridgehead atoms. The number of likely N-dealkylation sites (tertiary alicyclic amines) is 1. The maximum Gasteiger partial charge on any atom is 0.251 e. The predicted octanol–water partition coefficient (Wildman–Crippen LogP) is 1.79. The first-order valence-electron chi connectivity index (χ1n) is 9.11. The molecule has 2 aliphatic heterocycles. The average Bonchev–Trinajstić information content (AvgIpc) is 3.22. The smallest absolute Gasteiger partial charge is 0.251 e. The van der Waals surface area contributed by atoms with E-state index in [0.29, 0.717) is 18.0 Å². The fraction of sp³-hybridized carbons (Fsp3) is 0.526. The summed E-state index contributed by atoms with van der Waals surface area (Å²) in [5.41, 5.74) is 1.56. The lowest BCUT2D eigenvalue weighted by Crippen LogP contribution is -2.64. The van der Waals surface area contributed by atoms with Crippen LogP contribution in [0, 0.1) is 12.8 Å². The Balaban J connectivity index is 1.25. The van der Waals surface area contributed by atoms with E-state index in [1.807, 2.05) is 13.0 Å². The van der Waals surface area contributed by atoms with Crippen LogP contribution in [0.5, 0.6) is 0 Å². The molecule has 2 fully saturated rings. The molecule has 4 rings (SSSR count). The molecule has 1 amide bonds. The van der Waals surface area contributed by atoms with E-state index < -0.39 is 0 Å². The molecule has 2 aromatic rings. The fourth-order valence-electron chi connectivity index (χ4n) is 4.05. The van der Waals surface area contributed by atoms with Gasteiger partial charge in [0.25, 0.3) is 5.91 Å². The van der Waals surface area contributed by atoms with Crippen molar-refractivity contribution in [3.8, 4) is 0 Å². The summed E-state index contributed by atoms with van der Waals surface area (Å²) in [6, 6.07) is 5.43. The van der Waals surface area contributed by atoms with E-state index >= 15 is 0 Å². The van der Waals surface area contributed by atoms with E-state index in [2.05, 4.69) is 20.4 Å². The fourth-order valence-corrected chi connectivity index (χ4v) is 4.05. The number of nitrogens with zero attached hydrogens (tertiary/aromatic N) is 3.